The lowest BCUT2D eigenvalue weighted by Crippen LogP contribution is -2.46. The molecule has 0 radical (unpaired) electrons. The fourth-order valence-electron chi connectivity index (χ4n) is 8.95. The maximum absolute atomic E-state index is 15.3. The van der Waals surface area contributed by atoms with E-state index in [2.05, 4.69) is 42.0 Å². The van der Waals surface area contributed by atoms with Crippen LogP contribution in [-0.2, 0) is 45.3 Å². The van der Waals surface area contributed by atoms with Gasteiger partial charge in [-0.15, -0.1) is 0 Å². The quantitative estimate of drug-likeness (QED) is 0.0371. The highest BCUT2D eigenvalue weighted by Crippen LogP contribution is 2.44. The number of carbonyl (C=O) groups excluding carboxylic acids is 7. The highest BCUT2D eigenvalue weighted by molar-refractivity contribution is 6.01. The molecule has 4 aromatic rings. The summed E-state index contributed by atoms with van der Waals surface area (Å²) in [5.74, 6) is -6.86. The van der Waals surface area contributed by atoms with Crippen molar-refractivity contribution >= 4 is 53.1 Å². The van der Waals surface area contributed by atoms with Crippen molar-refractivity contribution in [2.45, 2.75) is 144 Å². The number of nitrogens with zero attached hydrogens (tertiary/aromatic N) is 3. The van der Waals surface area contributed by atoms with Crippen molar-refractivity contribution in [3.8, 4) is 34.0 Å². The molecule has 4 atom stereocenters. The van der Waals surface area contributed by atoms with Crippen molar-refractivity contribution in [3.63, 3.8) is 0 Å². The molecule has 1 aliphatic heterocycles. The molecule has 78 heavy (non-hydrogen) atoms. The van der Waals surface area contributed by atoms with Gasteiger partial charge in [-0.2, -0.15) is 0 Å². The number of phenolic OH excluding ortho intramolecular Hbond substituents is 1. The third-order valence-corrected chi connectivity index (χ3v) is 12.7. The number of ether oxygens (including phenoxy) is 3. The van der Waals surface area contributed by atoms with Gasteiger partial charge in [0.15, 0.2) is 17.4 Å². The van der Waals surface area contributed by atoms with Gasteiger partial charge in [-0.05, 0) is 108 Å². The van der Waals surface area contributed by atoms with Gasteiger partial charge >= 0.3 is 18.2 Å². The third-order valence-electron chi connectivity index (χ3n) is 12.7. The summed E-state index contributed by atoms with van der Waals surface area (Å²) < 4.78 is 17.0. The van der Waals surface area contributed by atoms with Gasteiger partial charge in [0.05, 0.1) is 29.2 Å². The predicted octanol–water partition coefficient (Wildman–Crippen LogP) is 8.32. The number of ketones is 2. The van der Waals surface area contributed by atoms with Gasteiger partial charge in [0.2, 0.25) is 17.7 Å². The number of fused-ring (bicyclic) bond motifs is 5. The topological polar surface area (TPSA) is 282 Å². The van der Waals surface area contributed by atoms with Crippen LogP contribution >= 0.6 is 0 Å². The third kappa shape index (κ3) is 16.6. The number of alkyl carbamates (subject to hydrolysis) is 2. The zero-order valence-corrected chi connectivity index (χ0v) is 47.2. The van der Waals surface area contributed by atoms with E-state index in [1.54, 1.807) is 55.4 Å². The molecule has 0 saturated heterocycles. The van der Waals surface area contributed by atoms with Gasteiger partial charge in [-0.3, -0.25) is 24.0 Å². The summed E-state index contributed by atoms with van der Waals surface area (Å²) in [5, 5.41) is 32.6. The summed E-state index contributed by atoms with van der Waals surface area (Å²) in [5.41, 5.74) is 1.55. The highest BCUT2D eigenvalue weighted by atomic mass is 16.6. The molecule has 2 heterocycles. The minimum Gasteiger partial charge on any atom is -0.505 e. The van der Waals surface area contributed by atoms with Crippen LogP contribution in [0.3, 0.4) is 0 Å². The number of aryl methyl sites for hydroxylation is 2. The number of rotatable bonds is 15. The maximum atomic E-state index is 15.3. The van der Waals surface area contributed by atoms with Gasteiger partial charge in [0, 0.05) is 68.3 Å². The molecule has 0 saturated carbocycles. The molecule has 0 spiro atoms. The number of carboxylic acid groups (broad SMARTS) is 1. The second kappa shape index (κ2) is 25.1. The van der Waals surface area contributed by atoms with Crippen molar-refractivity contribution in [3.05, 3.63) is 88.2 Å². The first-order valence-electron chi connectivity index (χ1n) is 25.9. The van der Waals surface area contributed by atoms with E-state index >= 15 is 4.79 Å². The van der Waals surface area contributed by atoms with Crippen LogP contribution in [0.1, 0.15) is 140 Å². The van der Waals surface area contributed by atoms with Gasteiger partial charge < -0.3 is 50.6 Å². The Balaban J connectivity index is 1.64. The number of aromatic nitrogens is 2. The second-order valence-corrected chi connectivity index (χ2v) is 22.7. The Hall–Kier alpha value is -7.90. The van der Waals surface area contributed by atoms with Gasteiger partial charge in [0.25, 0.3) is 0 Å². The molecule has 20 nitrogen and oxygen atoms in total. The number of hydrogen-bond donors (Lipinski definition) is 6. The first-order chi connectivity index (χ1) is 36.2. The van der Waals surface area contributed by atoms with Crippen molar-refractivity contribution < 1.29 is 62.8 Å². The largest absolute Gasteiger partial charge is 0.505 e. The molecule has 0 aliphatic carbocycles. The first kappa shape index (κ1) is 61.0. The van der Waals surface area contributed by atoms with Crippen molar-refractivity contribution in [2.75, 3.05) is 32.1 Å². The summed E-state index contributed by atoms with van der Waals surface area (Å²) in [4.78, 5) is 120. The van der Waals surface area contributed by atoms with Crippen LogP contribution in [0.5, 0.6) is 11.5 Å². The number of amides is 5. The van der Waals surface area contributed by atoms with Crippen LogP contribution in [0.15, 0.2) is 54.6 Å². The smallest absolute Gasteiger partial charge is 0.407 e. The number of benzene rings is 3. The number of aliphatic carboxylic acids is 1. The Labute approximate surface area is 455 Å². The average Bonchev–Trinajstić information content (AvgIpc) is 3.33. The fraction of sp³-hybridized carbons (Fsp3) is 0.483. The summed E-state index contributed by atoms with van der Waals surface area (Å²) in [7, 11) is 1.37. The molecular formula is C58H75N7O13. The minimum atomic E-state index is -1.54. The Bertz CT molecular complexity index is 2910. The number of aromatic hydroxyl groups is 1. The molecule has 5 amide bonds. The van der Waals surface area contributed by atoms with E-state index in [9.17, 15) is 43.8 Å². The van der Waals surface area contributed by atoms with E-state index in [1.165, 1.54) is 51.2 Å². The number of phenols is 1. The molecule has 6 N–H and O–H groups in total. The Morgan fingerprint density at radius 3 is 1.95 bits per heavy atom. The average molecular weight is 1080 g/mol. The molecule has 1 aliphatic rings. The van der Waals surface area contributed by atoms with Gasteiger partial charge in [-0.25, -0.2) is 24.4 Å². The van der Waals surface area contributed by atoms with Crippen molar-refractivity contribution in [1.82, 2.24) is 30.8 Å². The molecule has 0 fully saturated rings. The lowest BCUT2D eigenvalue weighted by Gasteiger charge is -2.32. The first-order valence-corrected chi connectivity index (χ1v) is 25.9. The number of carboxylic acids is 1. The lowest BCUT2D eigenvalue weighted by atomic mass is 9.86. The van der Waals surface area contributed by atoms with Gasteiger partial charge in [-0.1, -0.05) is 58.0 Å². The summed E-state index contributed by atoms with van der Waals surface area (Å²) >= 11 is 0. The highest BCUT2D eigenvalue weighted by Gasteiger charge is 2.37. The van der Waals surface area contributed by atoms with E-state index in [4.69, 9.17) is 24.2 Å². The molecule has 3 aromatic carbocycles. The van der Waals surface area contributed by atoms with Crippen molar-refractivity contribution in [1.29, 1.82) is 0 Å². The molecule has 420 valence electrons. The Kier molecular flexibility index (Phi) is 19.6. The molecule has 20 heteroatoms. The minimum absolute atomic E-state index is 0.00635. The van der Waals surface area contributed by atoms with Gasteiger partial charge in [0.1, 0.15) is 41.4 Å². The van der Waals surface area contributed by atoms with E-state index in [0.717, 1.165) is 16.0 Å². The monoisotopic (exact) mass is 1080 g/mol. The van der Waals surface area contributed by atoms with Crippen LogP contribution in [0.2, 0.25) is 0 Å². The Morgan fingerprint density at radius 1 is 0.808 bits per heavy atom. The molecular weight excluding hydrogens is 1000 g/mol. The van der Waals surface area contributed by atoms with E-state index in [0.29, 0.717) is 17.2 Å². The second-order valence-electron chi connectivity index (χ2n) is 22.7. The zero-order valence-electron chi connectivity index (χ0n) is 47.2. The molecule has 4 bridgehead atoms. The number of hydrogen-bond acceptors (Lipinski definition) is 14. The van der Waals surface area contributed by atoms with E-state index in [1.807, 2.05) is 24.3 Å². The van der Waals surface area contributed by atoms with Crippen LogP contribution in [0, 0.1) is 25.7 Å². The van der Waals surface area contributed by atoms with Crippen LogP contribution in [0.4, 0.5) is 15.3 Å². The number of carbonyl (C=O) groups is 8. The van der Waals surface area contributed by atoms with Crippen molar-refractivity contribution in [2.24, 2.45) is 11.8 Å². The number of Topliss-reactive ketones (excluding diaryl/α,β-unsaturated/α-hetero) is 2. The van der Waals surface area contributed by atoms with Crippen LogP contribution in [0.25, 0.3) is 22.5 Å². The zero-order chi connectivity index (χ0) is 58.2. The summed E-state index contributed by atoms with van der Waals surface area (Å²) in [6.07, 6.45) is -2.79. The standard InChI is InChI=1S/C58H75N7O13/c1-31-25-45(68)48(65(14)52(71)38(21-22-59-54(74)77-57(8,9)10)30-44(67)47-32(2)61-50(62-33(47)3)36-15-18-39(19-16-36)56(5,6)7)37-17-20-46(76-24-23-60-55(75)78-58(11,12)13)40(29-37)41-26-35(27-42(49(41)69)63-34(4)66)28-43(53(72)73)64-51(31)70/h15-20,26-27,29,31,38,43,48,69H,21-25,28,30H2,1-14H3,(H,59,74)(H,60,75)(H,63,66)(H,64,70)(H,72,73)/t31-,38-,43+,48+/m1/s1. The normalized spacial score (nSPS) is 16.4. The van der Waals surface area contributed by atoms with Crippen LogP contribution in [-0.4, -0.2) is 117 Å². The summed E-state index contributed by atoms with van der Waals surface area (Å²) in [6.45, 7) is 22.2. The summed E-state index contributed by atoms with van der Waals surface area (Å²) in [6, 6.07) is 12.1. The number of nitrogens with one attached hydrogen (secondary N) is 4. The molecule has 0 unspecified atom stereocenters. The predicted molar refractivity (Wildman–Crippen MR) is 292 cm³/mol. The number of anilines is 1. The van der Waals surface area contributed by atoms with E-state index < -0.39 is 101 Å². The Morgan fingerprint density at radius 2 is 1.40 bits per heavy atom. The van der Waals surface area contributed by atoms with E-state index in [-0.39, 0.29) is 77.2 Å². The van der Waals surface area contributed by atoms with Crippen LogP contribution < -0.4 is 26.0 Å². The SMILES string of the molecule is CC(=O)Nc1cc2cc(c1O)-c1cc(ccc1OCCNC(=O)OC(C)(C)C)[C@H](N(C)C(=O)[C@H](CCNC(=O)OC(C)(C)C)CC(=O)c1c(C)nc(-c3ccc(C(C)(C)C)cc3)nc1C)C(=O)C[C@@H](C)C(=O)N[C@H](C(=O)O)C2. The molecule has 5 rings (SSSR count). The lowest BCUT2D eigenvalue weighted by molar-refractivity contribution is -0.144. The maximum Gasteiger partial charge on any atom is 0.407 e. The molecule has 1 aromatic heterocycles. The fourth-order valence-corrected chi connectivity index (χ4v) is 8.95. The number of likely N-dealkylation sites (N-methyl/N-ethyl adjacent to an activating group) is 1.